The van der Waals surface area contributed by atoms with Crippen molar-refractivity contribution in [2.75, 3.05) is 0 Å². The van der Waals surface area contributed by atoms with Gasteiger partial charge in [-0.1, -0.05) is 0 Å². The molecule has 0 atom stereocenters. The van der Waals surface area contributed by atoms with Gasteiger partial charge in [0.05, 0.1) is 0 Å². The molecule has 3 heteroatoms. The Kier molecular flexibility index (Phi) is 4.79. The molecule has 2 aromatic carbocycles. The first-order valence-electron chi connectivity index (χ1n) is 4.79. The fraction of sp³-hybridized carbons (Fsp3) is 0.0769. The molecular formula is C13H9Cl2Zr. The molecule has 0 saturated heterocycles. The Hall–Kier alpha value is -0.0969. The third kappa shape index (κ3) is 2.14. The Morgan fingerprint density at radius 3 is 2.50 bits per heavy atom. The number of benzene rings is 2. The van der Waals surface area contributed by atoms with Crippen LogP contribution in [-0.4, -0.2) is 0 Å². The molecule has 0 amide bonds. The molecule has 2 aromatic rings. The second-order valence-corrected chi connectivity index (χ2v) is 4.97. The first-order valence-corrected chi connectivity index (χ1v) is 6.02. The van der Waals surface area contributed by atoms with E-state index in [0.29, 0.717) is 0 Å². The van der Waals surface area contributed by atoms with Gasteiger partial charge in [0.15, 0.2) is 0 Å². The van der Waals surface area contributed by atoms with Gasteiger partial charge < -0.3 is 24.8 Å². The van der Waals surface area contributed by atoms with E-state index in [1.165, 1.54) is 49.9 Å². The minimum absolute atomic E-state index is 0. The molecule has 1 aliphatic carbocycles. The van der Waals surface area contributed by atoms with E-state index in [0.717, 1.165) is 6.42 Å². The van der Waals surface area contributed by atoms with Crippen LogP contribution in [0.25, 0.3) is 14.1 Å². The Morgan fingerprint density at radius 2 is 1.69 bits per heavy atom. The van der Waals surface area contributed by atoms with Gasteiger partial charge in [-0.05, 0) is 0 Å². The predicted molar refractivity (Wildman–Crippen MR) is 55.6 cm³/mol. The third-order valence-corrected chi connectivity index (χ3v) is 3.93. The summed E-state index contributed by atoms with van der Waals surface area (Å²) >= 11 is 1.53. The van der Waals surface area contributed by atoms with Gasteiger partial charge >= 0.3 is 98.8 Å². The summed E-state index contributed by atoms with van der Waals surface area (Å²) in [5, 5.41) is 2.78. The predicted octanol–water partition coefficient (Wildman–Crippen LogP) is -2.71. The molecule has 1 aliphatic rings. The summed E-state index contributed by atoms with van der Waals surface area (Å²) in [5.41, 5.74) is 3.00. The van der Waals surface area contributed by atoms with E-state index >= 15 is 0 Å². The third-order valence-electron chi connectivity index (χ3n) is 2.81. The maximum absolute atomic E-state index is 2.36. The molecule has 0 bridgehead atoms. The van der Waals surface area contributed by atoms with Crippen LogP contribution in [0.4, 0.5) is 0 Å². The van der Waals surface area contributed by atoms with Gasteiger partial charge in [0.2, 0.25) is 0 Å². The van der Waals surface area contributed by atoms with Crippen LogP contribution in [0.1, 0.15) is 11.1 Å². The van der Waals surface area contributed by atoms with Crippen LogP contribution >= 0.6 is 0 Å². The van der Waals surface area contributed by atoms with E-state index < -0.39 is 0 Å². The summed E-state index contributed by atoms with van der Waals surface area (Å²) in [6, 6.07) is 13.2. The molecule has 0 N–H and O–H groups in total. The van der Waals surface area contributed by atoms with E-state index in [9.17, 15) is 0 Å². The molecule has 0 spiro atoms. The molecule has 0 aliphatic heterocycles. The summed E-state index contributed by atoms with van der Waals surface area (Å²) in [6.07, 6.45) is 3.48. The molecule has 79 valence electrons. The van der Waals surface area contributed by atoms with Gasteiger partial charge in [-0.25, -0.2) is 0 Å². The Labute approximate surface area is 123 Å². The fourth-order valence-corrected chi connectivity index (χ4v) is 3.10. The van der Waals surface area contributed by atoms with Crippen LogP contribution in [-0.2, 0) is 31.1 Å². The summed E-state index contributed by atoms with van der Waals surface area (Å²) < 4.78 is 1.52. The van der Waals surface area contributed by atoms with Crippen molar-refractivity contribution in [2.24, 2.45) is 0 Å². The molecule has 0 heterocycles. The van der Waals surface area contributed by atoms with Crippen LogP contribution in [0.3, 0.4) is 0 Å². The Bertz CT molecular complexity index is 547. The van der Waals surface area contributed by atoms with Crippen LogP contribution in [0.5, 0.6) is 0 Å². The van der Waals surface area contributed by atoms with Crippen molar-refractivity contribution in [3.63, 3.8) is 0 Å². The zero-order valence-corrected chi connectivity index (χ0v) is 12.5. The van der Waals surface area contributed by atoms with Crippen molar-refractivity contribution in [1.29, 1.82) is 0 Å². The monoisotopic (exact) mass is 325 g/mol. The minimum atomic E-state index is 0. The number of hydrogen-bond acceptors (Lipinski definition) is 0. The Morgan fingerprint density at radius 1 is 0.938 bits per heavy atom. The average Bonchev–Trinajstić information content (AvgIpc) is 2.61. The molecule has 0 radical (unpaired) electrons. The van der Waals surface area contributed by atoms with E-state index in [1.807, 2.05) is 0 Å². The quantitative estimate of drug-likeness (QED) is 0.494. The van der Waals surface area contributed by atoms with Crippen LogP contribution in [0, 0.1) is 0 Å². The molecule has 0 unspecified atom stereocenters. The zero-order valence-electron chi connectivity index (χ0n) is 8.50. The van der Waals surface area contributed by atoms with Crippen LogP contribution < -0.4 is 24.8 Å². The fourth-order valence-electron chi connectivity index (χ4n) is 2.12. The number of rotatable bonds is 0. The maximum atomic E-state index is 2.36. The molecule has 0 nitrogen and oxygen atoms in total. The normalized spacial score (nSPS) is 12.5. The van der Waals surface area contributed by atoms with Crippen molar-refractivity contribution in [3.05, 3.63) is 53.6 Å². The zero-order chi connectivity index (χ0) is 9.54. The van der Waals surface area contributed by atoms with Gasteiger partial charge in [0.1, 0.15) is 0 Å². The second kappa shape index (κ2) is 5.49. The number of hydrogen-bond donors (Lipinski definition) is 0. The number of fused-ring (bicyclic) bond motifs is 3. The van der Waals surface area contributed by atoms with Crippen molar-refractivity contribution in [2.45, 2.75) is 6.42 Å². The summed E-state index contributed by atoms with van der Waals surface area (Å²) in [7, 11) is 0. The van der Waals surface area contributed by atoms with Gasteiger partial charge in [0, 0.05) is 0 Å². The van der Waals surface area contributed by atoms with E-state index in [2.05, 4.69) is 42.5 Å². The number of allylic oxidation sites excluding steroid dienone is 1. The molecule has 0 fully saturated rings. The van der Waals surface area contributed by atoms with Gasteiger partial charge in [-0.2, -0.15) is 0 Å². The summed E-state index contributed by atoms with van der Waals surface area (Å²) in [5.74, 6) is 0. The molecule has 16 heavy (non-hydrogen) atoms. The van der Waals surface area contributed by atoms with Crippen molar-refractivity contribution in [1.82, 2.24) is 0 Å². The molecule has 3 rings (SSSR count). The van der Waals surface area contributed by atoms with Crippen molar-refractivity contribution < 1.29 is 49.5 Å². The standard InChI is InChI=1S/C13H9.2ClH.Zr/c1-2-6-12-10(4-1)8-9-11-5-3-7-13(11)12;;;/h1-4,6,8-9H,5H2;2*1H;/q;;;+2/p-2. The first kappa shape index (κ1) is 14.0. The number of halogens is 2. The van der Waals surface area contributed by atoms with Crippen molar-refractivity contribution in [3.8, 4) is 0 Å². The topological polar surface area (TPSA) is 0 Å². The van der Waals surface area contributed by atoms with Crippen LogP contribution in [0.2, 0.25) is 0 Å². The molecular weight excluding hydrogens is 318 g/mol. The SMILES string of the molecule is [Cl-].[Cl-].[Zr+2][C]1=CCc2ccc3ccccc3c21. The molecule has 0 saturated carbocycles. The summed E-state index contributed by atoms with van der Waals surface area (Å²) in [6.45, 7) is 0. The first-order chi connectivity index (χ1) is 6.86. The van der Waals surface area contributed by atoms with Gasteiger partial charge in [-0.3, -0.25) is 0 Å². The Balaban J connectivity index is 0.000000640. The van der Waals surface area contributed by atoms with E-state index in [4.69, 9.17) is 0 Å². The average molecular weight is 327 g/mol. The van der Waals surface area contributed by atoms with E-state index in [-0.39, 0.29) is 24.8 Å². The van der Waals surface area contributed by atoms with Crippen molar-refractivity contribution >= 4 is 14.1 Å². The van der Waals surface area contributed by atoms with Gasteiger partial charge in [-0.15, -0.1) is 0 Å². The summed E-state index contributed by atoms with van der Waals surface area (Å²) in [4.78, 5) is 0. The second-order valence-electron chi connectivity index (χ2n) is 3.64. The van der Waals surface area contributed by atoms with Gasteiger partial charge in [0.25, 0.3) is 0 Å². The van der Waals surface area contributed by atoms with Crippen LogP contribution in [0.15, 0.2) is 42.5 Å². The van der Waals surface area contributed by atoms with E-state index in [1.54, 1.807) is 0 Å². The molecule has 0 aromatic heterocycles.